The highest BCUT2D eigenvalue weighted by atomic mass is 16.5. The molecule has 2 aromatic heterocycles. The quantitative estimate of drug-likeness (QED) is 0.348. The van der Waals surface area contributed by atoms with Gasteiger partial charge in [-0.2, -0.15) is 5.10 Å². The topological polar surface area (TPSA) is 69.3 Å². The molecule has 4 rings (SSSR count). The predicted octanol–water partition coefficient (Wildman–Crippen LogP) is 5.93. The Hall–Kier alpha value is -3.80. The Morgan fingerprint density at radius 2 is 1.85 bits per heavy atom. The fourth-order valence-electron chi connectivity index (χ4n) is 3.72. The van der Waals surface area contributed by atoms with Crippen LogP contribution in [0.2, 0.25) is 0 Å². The van der Waals surface area contributed by atoms with Crippen molar-refractivity contribution in [2.24, 2.45) is 0 Å². The zero-order valence-corrected chi connectivity index (χ0v) is 19.3. The number of ether oxygens (including phenoxy) is 1. The first-order valence-corrected chi connectivity index (χ1v) is 11.2. The summed E-state index contributed by atoms with van der Waals surface area (Å²) in [5.74, 6) is 1.32. The lowest BCUT2D eigenvalue weighted by molar-refractivity contribution is 0.0992. The third-order valence-corrected chi connectivity index (χ3v) is 5.35. The summed E-state index contributed by atoms with van der Waals surface area (Å²) < 4.78 is 13.4. The molecule has 6 heteroatoms. The number of carbonyl (C=O) groups excluding carboxylic acids is 1. The van der Waals surface area contributed by atoms with E-state index in [1.54, 1.807) is 12.1 Å². The smallest absolute Gasteiger partial charge is 0.291 e. The molecule has 0 spiro atoms. The maximum absolute atomic E-state index is 12.7. The zero-order chi connectivity index (χ0) is 23.2. The molecule has 0 aliphatic rings. The first-order valence-electron chi connectivity index (χ1n) is 11.2. The number of nitrogens with zero attached hydrogens (tertiary/aromatic N) is 2. The van der Waals surface area contributed by atoms with E-state index in [4.69, 9.17) is 9.15 Å². The summed E-state index contributed by atoms with van der Waals surface area (Å²) >= 11 is 0. The minimum atomic E-state index is -0.298. The second kappa shape index (κ2) is 10.2. The van der Waals surface area contributed by atoms with Gasteiger partial charge in [-0.25, -0.2) is 0 Å². The monoisotopic (exact) mass is 443 g/mol. The molecule has 170 valence electrons. The van der Waals surface area contributed by atoms with Crippen LogP contribution in [-0.2, 0) is 19.6 Å². The highest BCUT2D eigenvalue weighted by Gasteiger charge is 2.13. The highest BCUT2D eigenvalue weighted by Crippen LogP contribution is 2.18. The van der Waals surface area contributed by atoms with Crippen LogP contribution in [0.25, 0.3) is 0 Å². The Labute approximate surface area is 194 Å². The molecule has 2 aromatic carbocycles. The normalized spacial score (nSPS) is 10.9. The van der Waals surface area contributed by atoms with Gasteiger partial charge in [-0.1, -0.05) is 37.6 Å². The molecule has 0 atom stereocenters. The molecule has 1 N–H and O–H groups in total. The maximum Gasteiger partial charge on any atom is 0.291 e. The summed E-state index contributed by atoms with van der Waals surface area (Å²) in [5.41, 5.74) is 5.14. The van der Waals surface area contributed by atoms with Crippen molar-refractivity contribution in [1.82, 2.24) is 9.78 Å². The van der Waals surface area contributed by atoms with Gasteiger partial charge in [0.25, 0.3) is 5.91 Å². The fourth-order valence-corrected chi connectivity index (χ4v) is 3.72. The van der Waals surface area contributed by atoms with Crippen molar-refractivity contribution in [3.63, 3.8) is 0 Å². The molecule has 0 saturated heterocycles. The minimum absolute atomic E-state index is 0.246. The first kappa shape index (κ1) is 22.4. The van der Waals surface area contributed by atoms with E-state index in [0.717, 1.165) is 35.5 Å². The molecule has 4 aromatic rings. The number of aryl methyl sites for hydroxylation is 3. The van der Waals surface area contributed by atoms with Gasteiger partial charge in [0.05, 0.1) is 12.2 Å². The second-order valence-corrected chi connectivity index (χ2v) is 8.19. The molecule has 33 heavy (non-hydrogen) atoms. The lowest BCUT2D eigenvalue weighted by Crippen LogP contribution is -2.11. The molecule has 0 aliphatic carbocycles. The number of aromatic nitrogens is 2. The first-order chi connectivity index (χ1) is 16.0. The Kier molecular flexibility index (Phi) is 6.93. The van der Waals surface area contributed by atoms with Crippen LogP contribution in [0.5, 0.6) is 5.75 Å². The number of furan rings is 1. The van der Waals surface area contributed by atoms with Crippen LogP contribution in [0.15, 0.2) is 71.1 Å². The van der Waals surface area contributed by atoms with Gasteiger partial charge in [0.1, 0.15) is 18.1 Å². The van der Waals surface area contributed by atoms with E-state index in [2.05, 4.69) is 29.5 Å². The van der Waals surface area contributed by atoms with Crippen molar-refractivity contribution in [2.75, 3.05) is 5.32 Å². The van der Waals surface area contributed by atoms with Gasteiger partial charge < -0.3 is 14.5 Å². The summed E-state index contributed by atoms with van der Waals surface area (Å²) in [4.78, 5) is 12.7. The molecule has 6 nitrogen and oxygen atoms in total. The van der Waals surface area contributed by atoms with Crippen LogP contribution in [0.4, 0.5) is 5.69 Å². The summed E-state index contributed by atoms with van der Waals surface area (Å²) in [6.07, 6.45) is 2.17. The molecule has 0 fully saturated rings. The molecule has 0 saturated carbocycles. The molecular formula is C27H29N3O3. The average Bonchev–Trinajstić information content (AvgIpc) is 3.40. The molecular weight excluding hydrogens is 414 g/mol. The summed E-state index contributed by atoms with van der Waals surface area (Å²) in [6, 6.07) is 21.3. The maximum atomic E-state index is 12.7. The molecule has 0 aliphatic heterocycles. The van der Waals surface area contributed by atoms with Gasteiger partial charge in [0.2, 0.25) is 0 Å². The van der Waals surface area contributed by atoms with E-state index >= 15 is 0 Å². The van der Waals surface area contributed by atoms with Gasteiger partial charge in [0.15, 0.2) is 5.76 Å². The van der Waals surface area contributed by atoms with Gasteiger partial charge in [-0.15, -0.1) is 0 Å². The molecule has 2 heterocycles. The molecule has 0 unspecified atom stereocenters. The zero-order valence-electron chi connectivity index (χ0n) is 19.3. The van der Waals surface area contributed by atoms with Crippen LogP contribution < -0.4 is 10.1 Å². The highest BCUT2D eigenvalue weighted by molar-refractivity contribution is 6.02. The van der Waals surface area contributed by atoms with Crippen molar-refractivity contribution in [3.05, 3.63) is 101 Å². The average molecular weight is 444 g/mol. The number of hydrogen-bond donors (Lipinski definition) is 1. The Morgan fingerprint density at radius 3 is 2.58 bits per heavy atom. The number of carbonyl (C=O) groups is 1. The Balaban J connectivity index is 1.34. The van der Waals surface area contributed by atoms with Crippen LogP contribution in [0, 0.1) is 13.8 Å². The van der Waals surface area contributed by atoms with Crippen molar-refractivity contribution in [3.8, 4) is 5.75 Å². The fraction of sp³-hybridized carbons (Fsp3) is 0.259. The number of rotatable bonds is 9. The summed E-state index contributed by atoms with van der Waals surface area (Å²) in [6.45, 7) is 7.08. The van der Waals surface area contributed by atoms with Crippen LogP contribution in [0.3, 0.4) is 0 Å². The van der Waals surface area contributed by atoms with Gasteiger partial charge in [-0.05, 0) is 73.9 Å². The number of hydrogen-bond acceptors (Lipinski definition) is 4. The molecule has 0 bridgehead atoms. The number of nitrogens with one attached hydrogen (secondary N) is 1. The van der Waals surface area contributed by atoms with Crippen molar-refractivity contribution in [1.29, 1.82) is 0 Å². The Morgan fingerprint density at radius 1 is 1.03 bits per heavy atom. The largest absolute Gasteiger partial charge is 0.486 e. The van der Waals surface area contributed by atoms with E-state index in [1.807, 2.05) is 61.0 Å². The van der Waals surface area contributed by atoms with Gasteiger partial charge in [0, 0.05) is 11.4 Å². The lowest BCUT2D eigenvalue weighted by Gasteiger charge is -2.08. The molecule has 1 amide bonds. The van der Waals surface area contributed by atoms with E-state index in [-0.39, 0.29) is 18.3 Å². The standard InChI is InChI=1S/C27H29N3O3/c1-4-6-21-9-11-24(12-10-21)32-18-25-13-14-26(33-25)27(31)28-23-8-5-7-22(16-23)17-30-20(3)15-19(2)29-30/h5,7-16H,4,6,17-18H2,1-3H3,(H,28,31). The van der Waals surface area contributed by atoms with Crippen LogP contribution >= 0.6 is 0 Å². The third kappa shape index (κ3) is 5.92. The Bertz CT molecular complexity index is 1220. The van der Waals surface area contributed by atoms with Crippen molar-refractivity contribution < 1.29 is 13.9 Å². The van der Waals surface area contributed by atoms with E-state index in [0.29, 0.717) is 18.0 Å². The van der Waals surface area contributed by atoms with Crippen molar-refractivity contribution >= 4 is 11.6 Å². The summed E-state index contributed by atoms with van der Waals surface area (Å²) in [7, 11) is 0. The van der Waals surface area contributed by atoms with Gasteiger partial charge in [-0.3, -0.25) is 9.48 Å². The third-order valence-electron chi connectivity index (χ3n) is 5.35. The summed E-state index contributed by atoms with van der Waals surface area (Å²) in [5, 5.41) is 7.41. The van der Waals surface area contributed by atoms with E-state index in [1.165, 1.54) is 5.56 Å². The predicted molar refractivity (Wildman–Crippen MR) is 129 cm³/mol. The van der Waals surface area contributed by atoms with E-state index < -0.39 is 0 Å². The SMILES string of the molecule is CCCc1ccc(OCc2ccc(C(=O)Nc3cccc(Cn4nc(C)cc4C)c3)o2)cc1. The number of amides is 1. The van der Waals surface area contributed by atoms with Gasteiger partial charge >= 0.3 is 0 Å². The lowest BCUT2D eigenvalue weighted by atomic mass is 10.1. The molecule has 0 radical (unpaired) electrons. The van der Waals surface area contributed by atoms with Crippen LogP contribution in [-0.4, -0.2) is 15.7 Å². The van der Waals surface area contributed by atoms with Crippen LogP contribution in [0.1, 0.15) is 52.2 Å². The van der Waals surface area contributed by atoms with Crippen molar-refractivity contribution in [2.45, 2.75) is 46.8 Å². The second-order valence-electron chi connectivity index (χ2n) is 8.19. The van der Waals surface area contributed by atoms with E-state index in [9.17, 15) is 4.79 Å². The number of benzene rings is 2. The number of anilines is 1. The minimum Gasteiger partial charge on any atom is -0.486 e.